The number of rotatable bonds is 0. The summed E-state index contributed by atoms with van der Waals surface area (Å²) in [6.45, 7) is 3.83. The third kappa shape index (κ3) is 1.01. The monoisotopic (exact) mass is 234 g/mol. The van der Waals surface area contributed by atoms with E-state index in [-0.39, 0.29) is 11.2 Å². The summed E-state index contributed by atoms with van der Waals surface area (Å²) in [7, 11) is -3.28. The van der Waals surface area contributed by atoms with Gasteiger partial charge in [-0.25, -0.2) is 0 Å². The Bertz CT molecular complexity index is 374. The Morgan fingerprint density at radius 1 is 1.29 bits per heavy atom. The molecular weight excluding hydrogens is 220 g/mol. The molecule has 4 atom stereocenters. The second kappa shape index (κ2) is 2.50. The minimum atomic E-state index is -3.28. The zero-order valence-corrected chi connectivity index (χ0v) is 9.90. The van der Waals surface area contributed by atoms with E-state index in [2.05, 4.69) is 0 Å². The predicted molar refractivity (Wildman–Crippen MR) is 55.8 cm³/mol. The molecule has 4 unspecified atom stereocenters. The van der Waals surface area contributed by atoms with E-state index in [1.54, 1.807) is 0 Å². The first-order valence-corrected chi connectivity index (χ1v) is 7.43. The molecule has 3 fully saturated rings. The molecule has 3 aliphatic heterocycles. The zero-order chi connectivity index (χ0) is 10.1. The Balaban J connectivity index is 2.11. The van der Waals surface area contributed by atoms with Crippen molar-refractivity contribution in [2.75, 3.05) is 0 Å². The molecule has 2 bridgehead atoms. The first kappa shape index (κ1) is 9.48. The van der Waals surface area contributed by atoms with Gasteiger partial charge in [0.25, 0.3) is 10.1 Å². The molecule has 80 valence electrons. The Morgan fingerprint density at radius 3 is 2.57 bits per heavy atom. The lowest BCUT2D eigenvalue weighted by molar-refractivity contribution is 0.0827. The summed E-state index contributed by atoms with van der Waals surface area (Å²) in [4.78, 5) is 0. The standard InChI is InChI=1S/C9H14O3S2/c1-9(2)7-5-3-4-6(13-5)8(7)14(10,11)12-9/h5-8H,3-4H2,1-2H3. The molecule has 3 aliphatic rings. The number of hydrogen-bond acceptors (Lipinski definition) is 4. The highest BCUT2D eigenvalue weighted by Crippen LogP contribution is 2.59. The highest BCUT2D eigenvalue weighted by Gasteiger charge is 2.65. The molecule has 3 rings (SSSR count). The maximum atomic E-state index is 11.8. The molecule has 3 nitrogen and oxygen atoms in total. The second-order valence-corrected chi connectivity index (χ2v) is 8.14. The number of thioether (sulfide) groups is 1. The molecule has 0 aromatic rings. The van der Waals surface area contributed by atoms with Crippen molar-refractivity contribution >= 4 is 21.9 Å². The molecule has 0 N–H and O–H groups in total. The lowest BCUT2D eigenvalue weighted by Crippen LogP contribution is -2.39. The topological polar surface area (TPSA) is 43.4 Å². The maximum Gasteiger partial charge on any atom is 0.272 e. The lowest BCUT2D eigenvalue weighted by atomic mass is 9.79. The van der Waals surface area contributed by atoms with Crippen molar-refractivity contribution in [1.29, 1.82) is 0 Å². The van der Waals surface area contributed by atoms with Gasteiger partial charge in [-0.05, 0) is 26.7 Å². The molecule has 14 heavy (non-hydrogen) atoms. The number of fused-ring (bicyclic) bond motifs is 5. The van der Waals surface area contributed by atoms with E-state index in [4.69, 9.17) is 4.18 Å². The van der Waals surface area contributed by atoms with Crippen molar-refractivity contribution in [3.05, 3.63) is 0 Å². The van der Waals surface area contributed by atoms with E-state index in [1.165, 1.54) is 6.42 Å². The molecule has 0 aromatic carbocycles. The van der Waals surface area contributed by atoms with Crippen LogP contribution in [0.3, 0.4) is 0 Å². The molecule has 5 heteroatoms. The molecule has 0 aromatic heterocycles. The van der Waals surface area contributed by atoms with Crippen LogP contribution in [-0.2, 0) is 14.3 Å². The van der Waals surface area contributed by atoms with E-state index in [9.17, 15) is 8.42 Å². The molecule has 3 saturated heterocycles. The second-order valence-electron chi connectivity index (χ2n) is 4.96. The van der Waals surface area contributed by atoms with Gasteiger partial charge in [0.15, 0.2) is 0 Å². The summed E-state index contributed by atoms with van der Waals surface area (Å²) in [5.41, 5.74) is -0.476. The Hall–Kier alpha value is 0.260. The third-order valence-electron chi connectivity index (χ3n) is 3.67. The van der Waals surface area contributed by atoms with Gasteiger partial charge in [-0.3, -0.25) is 4.18 Å². The molecule has 0 aliphatic carbocycles. The van der Waals surface area contributed by atoms with Crippen molar-refractivity contribution in [1.82, 2.24) is 0 Å². The summed E-state index contributed by atoms with van der Waals surface area (Å²) in [6.07, 6.45) is 2.22. The van der Waals surface area contributed by atoms with Crippen LogP contribution in [0.2, 0.25) is 0 Å². The first-order chi connectivity index (χ1) is 6.42. The van der Waals surface area contributed by atoms with Crippen molar-refractivity contribution in [3.63, 3.8) is 0 Å². The Kier molecular flexibility index (Phi) is 1.69. The van der Waals surface area contributed by atoms with Gasteiger partial charge in [-0.1, -0.05) is 0 Å². The molecule has 0 radical (unpaired) electrons. The van der Waals surface area contributed by atoms with Gasteiger partial charge in [0, 0.05) is 16.4 Å². The average molecular weight is 234 g/mol. The van der Waals surface area contributed by atoms with Gasteiger partial charge < -0.3 is 0 Å². The fraction of sp³-hybridized carbons (Fsp3) is 1.00. The van der Waals surface area contributed by atoms with Crippen LogP contribution < -0.4 is 0 Å². The summed E-state index contributed by atoms with van der Waals surface area (Å²) >= 11 is 1.87. The van der Waals surface area contributed by atoms with E-state index in [0.717, 1.165) is 6.42 Å². The summed E-state index contributed by atoms with van der Waals surface area (Å²) in [5.74, 6) is 0.219. The van der Waals surface area contributed by atoms with Crippen LogP contribution in [0.1, 0.15) is 26.7 Å². The van der Waals surface area contributed by atoms with Gasteiger partial charge in [-0.2, -0.15) is 20.2 Å². The highest BCUT2D eigenvalue weighted by atomic mass is 32.2. The first-order valence-electron chi connectivity index (χ1n) is 5.02. The van der Waals surface area contributed by atoms with Gasteiger partial charge in [0.2, 0.25) is 0 Å². The summed E-state index contributed by atoms with van der Waals surface area (Å²) in [5, 5.41) is 0.593. The van der Waals surface area contributed by atoms with Gasteiger partial charge in [0.05, 0.1) is 5.60 Å². The van der Waals surface area contributed by atoms with Crippen LogP contribution in [0.4, 0.5) is 0 Å². The third-order valence-corrected chi connectivity index (χ3v) is 7.55. The minimum absolute atomic E-state index is 0.219. The SMILES string of the molecule is CC1(C)OS(=O)(=O)C2C3CCC(S3)C21. The fourth-order valence-corrected chi connectivity index (χ4v) is 8.15. The summed E-state index contributed by atoms with van der Waals surface area (Å²) in [6, 6.07) is 0. The van der Waals surface area contributed by atoms with Crippen LogP contribution in [0.5, 0.6) is 0 Å². The van der Waals surface area contributed by atoms with Crippen LogP contribution >= 0.6 is 11.8 Å². The van der Waals surface area contributed by atoms with Crippen molar-refractivity contribution < 1.29 is 12.6 Å². The molecule has 3 heterocycles. The van der Waals surface area contributed by atoms with Gasteiger partial charge >= 0.3 is 0 Å². The lowest BCUT2D eigenvalue weighted by Gasteiger charge is -2.28. The zero-order valence-electron chi connectivity index (χ0n) is 8.26. The van der Waals surface area contributed by atoms with Crippen molar-refractivity contribution in [2.24, 2.45) is 5.92 Å². The fourth-order valence-electron chi connectivity index (χ4n) is 3.26. The van der Waals surface area contributed by atoms with Crippen molar-refractivity contribution in [3.8, 4) is 0 Å². The van der Waals surface area contributed by atoms with Gasteiger partial charge in [0.1, 0.15) is 5.25 Å². The van der Waals surface area contributed by atoms with E-state index in [1.807, 2.05) is 25.6 Å². The van der Waals surface area contributed by atoms with E-state index >= 15 is 0 Å². The Morgan fingerprint density at radius 2 is 1.93 bits per heavy atom. The van der Waals surface area contributed by atoms with E-state index < -0.39 is 15.7 Å². The van der Waals surface area contributed by atoms with E-state index in [0.29, 0.717) is 10.5 Å². The average Bonchev–Trinajstić information content (AvgIpc) is 2.61. The molecular formula is C9H14O3S2. The quantitative estimate of drug-likeness (QED) is 0.594. The smallest absolute Gasteiger partial charge is 0.263 e. The minimum Gasteiger partial charge on any atom is -0.263 e. The summed E-state index contributed by atoms with van der Waals surface area (Å²) < 4.78 is 28.9. The normalized spacial score (nSPS) is 52.1. The highest BCUT2D eigenvalue weighted by molar-refractivity contribution is 8.02. The van der Waals surface area contributed by atoms with Crippen LogP contribution in [0, 0.1) is 5.92 Å². The molecule has 0 saturated carbocycles. The predicted octanol–water partition coefficient (Wildman–Crippen LogP) is 1.39. The van der Waals surface area contributed by atoms with Crippen LogP contribution in [-0.4, -0.2) is 29.8 Å². The van der Waals surface area contributed by atoms with Gasteiger partial charge in [-0.15, -0.1) is 0 Å². The molecule has 0 amide bonds. The maximum absolute atomic E-state index is 11.8. The largest absolute Gasteiger partial charge is 0.272 e. The van der Waals surface area contributed by atoms with Crippen LogP contribution in [0.15, 0.2) is 0 Å². The van der Waals surface area contributed by atoms with Crippen LogP contribution in [0.25, 0.3) is 0 Å². The van der Waals surface area contributed by atoms with Crippen molar-refractivity contribution in [2.45, 2.75) is 48.0 Å². The Labute approximate surface area is 88.7 Å². The number of hydrogen-bond donors (Lipinski definition) is 0. The molecule has 0 spiro atoms.